The molecule has 0 aliphatic carbocycles. The van der Waals surface area contributed by atoms with E-state index in [2.05, 4.69) is 17.1 Å². The van der Waals surface area contributed by atoms with Crippen molar-refractivity contribution in [2.24, 2.45) is 5.73 Å². The van der Waals surface area contributed by atoms with Gasteiger partial charge in [0.25, 0.3) is 0 Å². The van der Waals surface area contributed by atoms with Gasteiger partial charge in [0, 0.05) is 38.2 Å². The van der Waals surface area contributed by atoms with Crippen molar-refractivity contribution in [2.75, 3.05) is 32.7 Å². The van der Waals surface area contributed by atoms with E-state index >= 15 is 0 Å². The Morgan fingerprint density at radius 1 is 1.20 bits per heavy atom. The van der Waals surface area contributed by atoms with Gasteiger partial charge < -0.3 is 20.7 Å². The Kier molecular flexibility index (Phi) is 11.6. The van der Waals surface area contributed by atoms with Crippen LogP contribution in [0.5, 0.6) is 0 Å². The molecule has 0 radical (unpaired) electrons. The van der Waals surface area contributed by atoms with Crippen molar-refractivity contribution in [2.45, 2.75) is 45.4 Å². The number of benzene rings is 1. The molecule has 5 nitrogen and oxygen atoms in total. The van der Waals surface area contributed by atoms with Gasteiger partial charge in [-0.1, -0.05) is 38.0 Å². The lowest BCUT2D eigenvalue weighted by molar-refractivity contribution is -0.107. The summed E-state index contributed by atoms with van der Waals surface area (Å²) in [7, 11) is 0. The molecule has 25 heavy (non-hydrogen) atoms. The third-order valence-corrected chi connectivity index (χ3v) is 4.34. The molecular weight excluding hydrogens is 314 g/mol. The van der Waals surface area contributed by atoms with E-state index in [-0.39, 0.29) is 0 Å². The monoisotopic (exact) mass is 347 g/mol. The molecule has 1 aliphatic rings. The summed E-state index contributed by atoms with van der Waals surface area (Å²) in [4.78, 5) is 23.7. The standard InChI is InChI=1S/C11H13NO2.C9H20N2/c12-11(14)10-7-2-1-5-9(10)6-3-4-8-13;1-2-3-4-7-11-8-5-10-6-9-11/h1-2,5,7-8H,3-4,6H2,(H2,12,14);10H,2-9H2,1H3. The zero-order valence-corrected chi connectivity index (χ0v) is 15.5. The average Bonchev–Trinajstić information content (AvgIpc) is 2.64. The van der Waals surface area contributed by atoms with Crippen LogP contribution in [0.15, 0.2) is 24.3 Å². The van der Waals surface area contributed by atoms with Crippen LogP contribution in [0, 0.1) is 0 Å². The molecule has 0 aromatic heterocycles. The lowest BCUT2D eigenvalue weighted by Crippen LogP contribution is -2.43. The van der Waals surface area contributed by atoms with E-state index < -0.39 is 5.91 Å². The fourth-order valence-electron chi connectivity index (χ4n) is 2.87. The van der Waals surface area contributed by atoms with Gasteiger partial charge in [-0.3, -0.25) is 4.79 Å². The molecule has 1 aliphatic heterocycles. The topological polar surface area (TPSA) is 75.4 Å². The van der Waals surface area contributed by atoms with Crippen molar-refractivity contribution in [1.82, 2.24) is 10.2 Å². The quantitative estimate of drug-likeness (QED) is 0.531. The highest BCUT2D eigenvalue weighted by Crippen LogP contribution is 2.10. The fraction of sp³-hybridized carbons (Fsp3) is 0.600. The minimum absolute atomic E-state index is 0.410. The Bertz CT molecular complexity index is 499. The van der Waals surface area contributed by atoms with Crippen LogP contribution in [0.4, 0.5) is 0 Å². The number of nitrogens with one attached hydrogen (secondary N) is 1. The molecule has 0 spiro atoms. The van der Waals surface area contributed by atoms with Crippen molar-refractivity contribution in [3.05, 3.63) is 35.4 Å². The SMILES string of the molecule is CCCCCN1CCNCC1.NC(=O)c1ccccc1CCCC=O. The summed E-state index contributed by atoms with van der Waals surface area (Å²) < 4.78 is 0. The Balaban J connectivity index is 0.000000257. The molecule has 1 aromatic rings. The average molecular weight is 348 g/mol. The molecule has 2 rings (SSSR count). The van der Waals surface area contributed by atoms with Gasteiger partial charge in [0.1, 0.15) is 6.29 Å². The highest BCUT2D eigenvalue weighted by Gasteiger charge is 2.07. The number of nitrogens with zero attached hydrogens (tertiary/aromatic N) is 1. The first-order valence-corrected chi connectivity index (χ1v) is 9.43. The largest absolute Gasteiger partial charge is 0.366 e. The van der Waals surface area contributed by atoms with Crippen LogP contribution < -0.4 is 11.1 Å². The summed E-state index contributed by atoms with van der Waals surface area (Å²) >= 11 is 0. The van der Waals surface area contributed by atoms with E-state index in [0.717, 1.165) is 24.7 Å². The number of carbonyl (C=O) groups is 2. The van der Waals surface area contributed by atoms with E-state index in [1.165, 1.54) is 52.0 Å². The van der Waals surface area contributed by atoms with Crippen molar-refractivity contribution in [3.63, 3.8) is 0 Å². The summed E-state index contributed by atoms with van der Waals surface area (Å²) in [5, 5.41) is 3.36. The molecule has 1 saturated heterocycles. The van der Waals surface area contributed by atoms with Crippen molar-refractivity contribution in [1.29, 1.82) is 0 Å². The van der Waals surface area contributed by atoms with Crippen LogP contribution >= 0.6 is 0 Å². The number of rotatable bonds is 9. The van der Waals surface area contributed by atoms with Crippen LogP contribution in [0.2, 0.25) is 0 Å². The second kappa shape index (κ2) is 13.6. The van der Waals surface area contributed by atoms with Crippen LogP contribution in [0.1, 0.15) is 54.9 Å². The number of aldehydes is 1. The fourth-order valence-corrected chi connectivity index (χ4v) is 2.87. The smallest absolute Gasteiger partial charge is 0.248 e. The highest BCUT2D eigenvalue weighted by molar-refractivity contribution is 5.94. The molecular formula is C20H33N3O2. The summed E-state index contributed by atoms with van der Waals surface area (Å²) in [5.74, 6) is -0.410. The molecule has 140 valence electrons. The second-order valence-electron chi connectivity index (χ2n) is 6.38. The van der Waals surface area contributed by atoms with Crippen LogP contribution in [0.3, 0.4) is 0 Å². The van der Waals surface area contributed by atoms with E-state index in [4.69, 9.17) is 5.73 Å². The number of amides is 1. The van der Waals surface area contributed by atoms with Gasteiger partial charge in [0.2, 0.25) is 5.91 Å². The van der Waals surface area contributed by atoms with Crippen molar-refractivity contribution >= 4 is 12.2 Å². The van der Waals surface area contributed by atoms with Gasteiger partial charge in [0.15, 0.2) is 0 Å². The van der Waals surface area contributed by atoms with Crippen LogP contribution in [0.25, 0.3) is 0 Å². The van der Waals surface area contributed by atoms with Gasteiger partial charge in [-0.05, 0) is 37.4 Å². The summed E-state index contributed by atoms with van der Waals surface area (Å²) in [6.07, 6.45) is 7.00. The van der Waals surface area contributed by atoms with Gasteiger partial charge in [0.05, 0.1) is 0 Å². The Morgan fingerprint density at radius 3 is 2.56 bits per heavy atom. The number of carbonyl (C=O) groups excluding carboxylic acids is 2. The summed E-state index contributed by atoms with van der Waals surface area (Å²) in [6, 6.07) is 7.22. The van der Waals surface area contributed by atoms with Gasteiger partial charge in [-0.2, -0.15) is 0 Å². The molecule has 5 heteroatoms. The van der Waals surface area contributed by atoms with Crippen LogP contribution in [-0.4, -0.2) is 49.8 Å². The Labute approximate surface area is 152 Å². The minimum atomic E-state index is -0.410. The zero-order valence-electron chi connectivity index (χ0n) is 15.5. The molecule has 0 unspecified atom stereocenters. The van der Waals surface area contributed by atoms with Crippen molar-refractivity contribution < 1.29 is 9.59 Å². The zero-order chi connectivity index (χ0) is 18.3. The van der Waals surface area contributed by atoms with E-state index in [0.29, 0.717) is 12.0 Å². The third kappa shape index (κ3) is 9.37. The Hall–Kier alpha value is -1.72. The first-order valence-electron chi connectivity index (χ1n) is 9.43. The third-order valence-electron chi connectivity index (χ3n) is 4.34. The Morgan fingerprint density at radius 2 is 1.92 bits per heavy atom. The predicted octanol–water partition coefficient (Wildman–Crippen LogP) is 2.39. The number of primary amides is 1. The van der Waals surface area contributed by atoms with E-state index in [1.807, 2.05) is 12.1 Å². The number of piperazine rings is 1. The summed E-state index contributed by atoms with van der Waals surface area (Å²) in [5.41, 5.74) is 6.68. The van der Waals surface area contributed by atoms with Gasteiger partial charge in [-0.25, -0.2) is 0 Å². The lowest BCUT2D eigenvalue weighted by atomic mass is 10.0. The first kappa shape index (κ1) is 21.3. The number of aryl methyl sites for hydroxylation is 1. The predicted molar refractivity (Wildman–Crippen MR) is 103 cm³/mol. The summed E-state index contributed by atoms with van der Waals surface area (Å²) in [6.45, 7) is 8.46. The van der Waals surface area contributed by atoms with Crippen molar-refractivity contribution in [3.8, 4) is 0 Å². The molecule has 1 heterocycles. The van der Waals surface area contributed by atoms with Crippen LogP contribution in [-0.2, 0) is 11.2 Å². The number of nitrogens with two attached hydrogens (primary N) is 1. The molecule has 3 N–H and O–H groups in total. The normalized spacial score (nSPS) is 14.4. The highest BCUT2D eigenvalue weighted by atomic mass is 16.1. The van der Waals surface area contributed by atoms with E-state index in [1.54, 1.807) is 12.1 Å². The lowest BCUT2D eigenvalue weighted by Gasteiger charge is -2.26. The molecule has 1 amide bonds. The maximum absolute atomic E-state index is 11.0. The first-order chi connectivity index (χ1) is 12.2. The molecule has 1 aromatic carbocycles. The molecule has 0 atom stereocenters. The molecule has 0 bridgehead atoms. The van der Waals surface area contributed by atoms with Gasteiger partial charge in [-0.15, -0.1) is 0 Å². The maximum atomic E-state index is 11.0. The number of hydrogen-bond donors (Lipinski definition) is 2. The maximum Gasteiger partial charge on any atom is 0.248 e. The van der Waals surface area contributed by atoms with Gasteiger partial charge >= 0.3 is 0 Å². The molecule has 0 saturated carbocycles. The number of unbranched alkanes of at least 4 members (excludes halogenated alkanes) is 3. The molecule has 1 fully saturated rings. The van der Waals surface area contributed by atoms with E-state index in [9.17, 15) is 9.59 Å². The number of hydrogen-bond acceptors (Lipinski definition) is 4. The minimum Gasteiger partial charge on any atom is -0.366 e. The second-order valence-corrected chi connectivity index (χ2v) is 6.38.